The van der Waals surface area contributed by atoms with Crippen LogP contribution in [-0.2, 0) is 4.79 Å². The van der Waals surface area contributed by atoms with Gasteiger partial charge in [0.15, 0.2) is 0 Å². The molecule has 104 valence electrons. The van der Waals surface area contributed by atoms with Crippen LogP contribution in [-0.4, -0.2) is 19.0 Å². The fraction of sp³-hybridized carbons (Fsp3) is 0.167. The van der Waals surface area contributed by atoms with Gasteiger partial charge in [0.05, 0.1) is 11.4 Å². The van der Waals surface area contributed by atoms with Gasteiger partial charge in [0.1, 0.15) is 0 Å². The van der Waals surface area contributed by atoms with Gasteiger partial charge in [-0.3, -0.25) is 9.69 Å². The topological polar surface area (TPSA) is 32.3 Å². The minimum Gasteiger partial charge on any atom is -0.383 e. The Morgan fingerprint density at radius 2 is 1.81 bits per heavy atom. The van der Waals surface area contributed by atoms with Crippen molar-refractivity contribution >= 4 is 17.3 Å². The lowest BCUT2D eigenvalue weighted by atomic mass is 10.2. The highest BCUT2D eigenvalue weighted by molar-refractivity contribution is 6.08. The third kappa shape index (κ3) is 3.06. The van der Waals surface area contributed by atoms with Crippen LogP contribution in [0.2, 0.25) is 0 Å². The molecule has 3 rings (SSSR count). The molecule has 0 spiro atoms. The van der Waals surface area contributed by atoms with E-state index in [2.05, 4.69) is 17.2 Å². The second-order valence-electron chi connectivity index (χ2n) is 4.87. The van der Waals surface area contributed by atoms with E-state index < -0.39 is 0 Å². The van der Waals surface area contributed by atoms with Crippen LogP contribution in [0.25, 0.3) is 0 Å². The van der Waals surface area contributed by atoms with E-state index in [0.717, 1.165) is 29.9 Å². The summed E-state index contributed by atoms with van der Waals surface area (Å²) in [5, 5.41) is 3.34. The smallest absolute Gasteiger partial charge is 0.303 e. The van der Waals surface area contributed by atoms with Gasteiger partial charge < -0.3 is 5.32 Å². The van der Waals surface area contributed by atoms with Crippen molar-refractivity contribution in [2.45, 2.75) is 6.42 Å². The zero-order chi connectivity index (χ0) is 14.5. The van der Waals surface area contributed by atoms with Gasteiger partial charge in [-0.1, -0.05) is 36.3 Å². The number of nitrogens with zero attached hydrogens (tertiary/aromatic N) is 1. The highest BCUT2D eigenvalue weighted by atomic mass is 16.2. The molecule has 0 fully saturated rings. The second kappa shape index (κ2) is 6.15. The maximum absolute atomic E-state index is 12.4. The summed E-state index contributed by atoms with van der Waals surface area (Å²) in [4.78, 5) is 14.2. The van der Waals surface area contributed by atoms with Gasteiger partial charge in [-0.25, -0.2) is 0 Å². The monoisotopic (exact) mass is 276 g/mol. The number of nitrogens with one attached hydrogen (secondary N) is 1. The number of carbonyl (C=O) groups is 1. The SMILES string of the molecule is O=C(C#Cc1ccccc1)N1CCCNc2ccccc21. The molecule has 3 nitrogen and oxygen atoms in total. The number of para-hydroxylation sites is 2. The summed E-state index contributed by atoms with van der Waals surface area (Å²) >= 11 is 0. The number of amides is 1. The molecule has 1 aliphatic rings. The van der Waals surface area contributed by atoms with Crippen LogP contribution in [0.1, 0.15) is 12.0 Å². The standard InChI is InChI=1S/C18H16N2O/c21-18(12-11-15-7-2-1-3-8-15)20-14-6-13-19-16-9-4-5-10-17(16)20/h1-5,7-10,19H,6,13-14H2. The maximum Gasteiger partial charge on any atom is 0.303 e. The Morgan fingerprint density at radius 1 is 1.05 bits per heavy atom. The van der Waals surface area contributed by atoms with E-state index in [4.69, 9.17) is 0 Å². The van der Waals surface area contributed by atoms with Crippen molar-refractivity contribution in [3.63, 3.8) is 0 Å². The molecule has 3 heteroatoms. The van der Waals surface area contributed by atoms with Gasteiger partial charge in [-0.15, -0.1) is 0 Å². The molecule has 2 aromatic carbocycles. The highest BCUT2D eigenvalue weighted by Gasteiger charge is 2.19. The molecule has 0 radical (unpaired) electrons. The third-order valence-corrected chi connectivity index (χ3v) is 3.40. The Morgan fingerprint density at radius 3 is 2.67 bits per heavy atom. The molecule has 0 saturated carbocycles. The molecule has 1 amide bonds. The average molecular weight is 276 g/mol. The lowest BCUT2D eigenvalue weighted by molar-refractivity contribution is -0.113. The molecular formula is C18H16N2O. The molecule has 1 aliphatic heterocycles. The largest absolute Gasteiger partial charge is 0.383 e. The van der Waals surface area contributed by atoms with Crippen molar-refractivity contribution in [2.24, 2.45) is 0 Å². The van der Waals surface area contributed by atoms with Crippen molar-refractivity contribution in [3.05, 3.63) is 60.2 Å². The Balaban J connectivity index is 1.87. The fourth-order valence-corrected chi connectivity index (χ4v) is 2.36. The first-order valence-corrected chi connectivity index (χ1v) is 7.06. The van der Waals surface area contributed by atoms with Crippen LogP contribution < -0.4 is 10.2 Å². The van der Waals surface area contributed by atoms with Crippen molar-refractivity contribution in [1.82, 2.24) is 0 Å². The van der Waals surface area contributed by atoms with E-state index in [1.807, 2.05) is 54.6 Å². The lowest BCUT2D eigenvalue weighted by Gasteiger charge is -2.19. The predicted molar refractivity (Wildman–Crippen MR) is 85.2 cm³/mol. The summed E-state index contributed by atoms with van der Waals surface area (Å²) in [6.45, 7) is 1.55. The molecule has 0 aromatic heterocycles. The summed E-state index contributed by atoms with van der Waals surface area (Å²) in [6, 6.07) is 17.4. The quantitative estimate of drug-likeness (QED) is 0.750. The number of benzene rings is 2. The number of anilines is 2. The molecule has 1 N–H and O–H groups in total. The number of fused-ring (bicyclic) bond motifs is 1. The fourth-order valence-electron chi connectivity index (χ4n) is 2.36. The Bertz CT molecular complexity index is 698. The average Bonchev–Trinajstić information content (AvgIpc) is 2.76. The minimum atomic E-state index is -0.157. The van der Waals surface area contributed by atoms with Crippen LogP contribution in [0.5, 0.6) is 0 Å². The molecule has 0 aliphatic carbocycles. The van der Waals surface area contributed by atoms with Crippen molar-refractivity contribution < 1.29 is 4.79 Å². The lowest BCUT2D eigenvalue weighted by Crippen LogP contribution is -2.30. The van der Waals surface area contributed by atoms with E-state index in [1.54, 1.807) is 4.90 Å². The van der Waals surface area contributed by atoms with Gasteiger partial charge >= 0.3 is 5.91 Å². The molecule has 2 aromatic rings. The zero-order valence-electron chi connectivity index (χ0n) is 11.7. The summed E-state index contributed by atoms with van der Waals surface area (Å²) < 4.78 is 0. The normalized spacial score (nSPS) is 13.2. The van der Waals surface area contributed by atoms with Crippen LogP contribution >= 0.6 is 0 Å². The second-order valence-corrected chi connectivity index (χ2v) is 4.87. The third-order valence-electron chi connectivity index (χ3n) is 3.40. The summed E-state index contributed by atoms with van der Waals surface area (Å²) in [5.41, 5.74) is 2.75. The van der Waals surface area contributed by atoms with E-state index >= 15 is 0 Å². The van der Waals surface area contributed by atoms with Crippen molar-refractivity contribution in [2.75, 3.05) is 23.3 Å². The van der Waals surface area contributed by atoms with E-state index in [1.165, 1.54) is 0 Å². The maximum atomic E-state index is 12.4. The Labute approximate surface area is 124 Å². The molecule has 0 atom stereocenters. The van der Waals surface area contributed by atoms with Crippen molar-refractivity contribution in [3.8, 4) is 11.8 Å². The van der Waals surface area contributed by atoms with Crippen LogP contribution in [0, 0.1) is 11.8 Å². The molecule has 21 heavy (non-hydrogen) atoms. The molecule has 0 bridgehead atoms. The van der Waals surface area contributed by atoms with Gasteiger partial charge in [-0.05, 0) is 30.7 Å². The number of rotatable bonds is 0. The van der Waals surface area contributed by atoms with E-state index in [-0.39, 0.29) is 5.91 Å². The number of hydrogen-bond acceptors (Lipinski definition) is 2. The Kier molecular flexibility index (Phi) is 3.88. The van der Waals surface area contributed by atoms with Crippen molar-refractivity contribution in [1.29, 1.82) is 0 Å². The number of carbonyl (C=O) groups excluding carboxylic acids is 1. The van der Waals surface area contributed by atoms with Crippen LogP contribution in [0.3, 0.4) is 0 Å². The summed E-state index contributed by atoms with van der Waals surface area (Å²) in [6.07, 6.45) is 0.910. The van der Waals surface area contributed by atoms with Crippen LogP contribution in [0.4, 0.5) is 11.4 Å². The highest BCUT2D eigenvalue weighted by Crippen LogP contribution is 2.27. The number of hydrogen-bond donors (Lipinski definition) is 1. The van der Waals surface area contributed by atoms with E-state index in [0.29, 0.717) is 6.54 Å². The Hall–Kier alpha value is -2.73. The van der Waals surface area contributed by atoms with Gasteiger partial charge in [0.2, 0.25) is 0 Å². The van der Waals surface area contributed by atoms with E-state index in [9.17, 15) is 4.79 Å². The van der Waals surface area contributed by atoms with Gasteiger partial charge in [-0.2, -0.15) is 0 Å². The first-order valence-electron chi connectivity index (χ1n) is 7.06. The summed E-state index contributed by atoms with van der Waals surface area (Å²) in [5.74, 6) is 5.52. The van der Waals surface area contributed by atoms with Gasteiger partial charge in [0, 0.05) is 24.6 Å². The minimum absolute atomic E-state index is 0.157. The first kappa shape index (κ1) is 13.3. The predicted octanol–water partition coefficient (Wildman–Crippen LogP) is 2.89. The van der Waals surface area contributed by atoms with Gasteiger partial charge in [0.25, 0.3) is 0 Å². The van der Waals surface area contributed by atoms with Crippen LogP contribution in [0.15, 0.2) is 54.6 Å². The molecular weight excluding hydrogens is 260 g/mol. The zero-order valence-corrected chi connectivity index (χ0v) is 11.7. The molecule has 1 heterocycles. The summed E-state index contributed by atoms with van der Waals surface area (Å²) in [7, 11) is 0. The first-order chi connectivity index (χ1) is 10.3. The molecule has 0 saturated heterocycles. The molecule has 0 unspecified atom stereocenters.